The zero-order valence-electron chi connectivity index (χ0n) is 22.6. The summed E-state index contributed by atoms with van der Waals surface area (Å²) in [7, 11) is 0. The second-order valence-electron chi connectivity index (χ2n) is 11.9. The quantitative estimate of drug-likeness (QED) is 0.238. The third kappa shape index (κ3) is 4.70. The minimum Gasteiger partial charge on any atom is -0.454 e. The Bertz CT molecular complexity index is 1630. The monoisotopic (exact) mass is 515 g/mol. The van der Waals surface area contributed by atoms with Crippen molar-refractivity contribution < 1.29 is 17.6 Å². The van der Waals surface area contributed by atoms with Crippen molar-refractivity contribution in [2.45, 2.75) is 59.6 Å². The van der Waals surface area contributed by atoms with Crippen LogP contribution in [0.3, 0.4) is 0 Å². The van der Waals surface area contributed by atoms with Crippen molar-refractivity contribution in [3.05, 3.63) is 89.6 Å². The number of aryl methyl sites for hydroxylation is 1. The third-order valence-corrected chi connectivity index (χ3v) is 7.35. The molecule has 0 aliphatic rings. The summed E-state index contributed by atoms with van der Waals surface area (Å²) in [5.41, 5.74) is 4.31. The van der Waals surface area contributed by atoms with Crippen LogP contribution in [0.15, 0.2) is 77.3 Å². The molecule has 38 heavy (non-hydrogen) atoms. The maximum absolute atomic E-state index is 13.4. The molecule has 0 bridgehead atoms. The Balaban J connectivity index is 1.59. The molecule has 0 unspecified atom stereocenters. The number of halogens is 3. The summed E-state index contributed by atoms with van der Waals surface area (Å²) >= 11 is 0. The first-order valence-electron chi connectivity index (χ1n) is 12.8. The van der Waals surface area contributed by atoms with E-state index in [0.29, 0.717) is 16.9 Å². The van der Waals surface area contributed by atoms with Crippen molar-refractivity contribution in [2.24, 2.45) is 5.41 Å². The number of hydrogen-bond donors (Lipinski definition) is 0. The minimum absolute atomic E-state index is 0.0593. The fourth-order valence-corrected chi connectivity index (χ4v) is 4.96. The molecule has 5 rings (SSSR count). The first kappa shape index (κ1) is 26.0. The van der Waals surface area contributed by atoms with Gasteiger partial charge in [-0.1, -0.05) is 83.1 Å². The average Bonchev–Trinajstić information content (AvgIpc) is 3.29. The van der Waals surface area contributed by atoms with Crippen molar-refractivity contribution in [2.75, 3.05) is 0 Å². The van der Waals surface area contributed by atoms with Gasteiger partial charge in [0.05, 0.1) is 5.41 Å². The molecule has 0 spiro atoms. The van der Waals surface area contributed by atoms with E-state index in [1.165, 1.54) is 24.8 Å². The summed E-state index contributed by atoms with van der Waals surface area (Å²) in [6, 6.07) is 21.9. The minimum atomic E-state index is -4.26. The van der Waals surface area contributed by atoms with Gasteiger partial charge in [0.2, 0.25) is 0 Å². The van der Waals surface area contributed by atoms with E-state index >= 15 is 0 Å². The lowest BCUT2D eigenvalue weighted by Gasteiger charge is -2.27. The molecule has 0 N–H and O–H groups in total. The van der Waals surface area contributed by atoms with Crippen molar-refractivity contribution in [1.82, 2.24) is 4.98 Å². The number of aromatic nitrogens is 1. The molecule has 0 amide bonds. The highest BCUT2D eigenvalue weighted by molar-refractivity contribution is 5.98. The van der Waals surface area contributed by atoms with Gasteiger partial charge in [-0.15, -0.1) is 0 Å². The molecule has 2 heterocycles. The van der Waals surface area contributed by atoms with Crippen LogP contribution >= 0.6 is 0 Å². The highest BCUT2D eigenvalue weighted by Gasteiger charge is 2.46. The van der Waals surface area contributed by atoms with E-state index in [1.54, 1.807) is 12.1 Å². The maximum atomic E-state index is 13.4. The summed E-state index contributed by atoms with van der Waals surface area (Å²) in [5, 5.41) is 3.34. The van der Waals surface area contributed by atoms with E-state index in [1.807, 2.05) is 37.4 Å². The normalized spacial score (nSPS) is 13.0. The van der Waals surface area contributed by atoms with Crippen LogP contribution in [0.2, 0.25) is 0 Å². The molecule has 5 aromatic rings. The van der Waals surface area contributed by atoms with Crippen molar-refractivity contribution in [1.29, 1.82) is 0 Å². The van der Waals surface area contributed by atoms with E-state index in [-0.39, 0.29) is 11.8 Å². The lowest BCUT2D eigenvalue weighted by Crippen LogP contribution is -2.34. The number of benzene rings is 3. The van der Waals surface area contributed by atoms with Crippen LogP contribution in [-0.4, -0.2) is 11.2 Å². The van der Waals surface area contributed by atoms with Crippen molar-refractivity contribution in [3.8, 4) is 22.6 Å². The van der Waals surface area contributed by atoms with Gasteiger partial charge >= 0.3 is 6.18 Å². The standard InChI is InChI=1S/C33H32F3NO/c1-20-19-37-29(24-15-23-9-7-8-10-25(23)27(16-24)31(2,3)4)30-26(20)17-28(38-30)22-13-11-21(12-14-22)18-32(5,6)33(34,35)36/h7-17,19H,18H2,1-6H3. The molecule has 5 heteroatoms. The summed E-state index contributed by atoms with van der Waals surface area (Å²) in [5.74, 6) is 0.663. The Morgan fingerprint density at radius 3 is 2.13 bits per heavy atom. The van der Waals surface area contributed by atoms with Crippen LogP contribution in [0.4, 0.5) is 13.2 Å². The van der Waals surface area contributed by atoms with Crippen LogP contribution in [0, 0.1) is 12.3 Å². The topological polar surface area (TPSA) is 26.0 Å². The van der Waals surface area contributed by atoms with Gasteiger partial charge in [0.25, 0.3) is 0 Å². The van der Waals surface area contributed by atoms with E-state index in [0.717, 1.165) is 33.2 Å². The van der Waals surface area contributed by atoms with Crippen molar-refractivity contribution >= 4 is 21.7 Å². The Kier molecular flexibility index (Phi) is 6.17. The number of furan rings is 1. The number of pyridine rings is 1. The molecule has 3 aromatic carbocycles. The van der Waals surface area contributed by atoms with Gasteiger partial charge in [0.1, 0.15) is 11.5 Å². The van der Waals surface area contributed by atoms with Crippen LogP contribution in [0.25, 0.3) is 44.3 Å². The number of fused-ring (bicyclic) bond motifs is 2. The first-order chi connectivity index (χ1) is 17.7. The average molecular weight is 516 g/mol. The summed E-state index contributed by atoms with van der Waals surface area (Å²) in [6.07, 6.45) is -2.48. The second-order valence-corrected chi connectivity index (χ2v) is 11.9. The van der Waals surface area contributed by atoms with E-state index in [9.17, 15) is 13.2 Å². The number of rotatable bonds is 4. The van der Waals surface area contributed by atoms with Gasteiger partial charge in [0.15, 0.2) is 5.58 Å². The summed E-state index contributed by atoms with van der Waals surface area (Å²) < 4.78 is 46.5. The smallest absolute Gasteiger partial charge is 0.394 e. The maximum Gasteiger partial charge on any atom is 0.394 e. The van der Waals surface area contributed by atoms with Crippen LogP contribution in [-0.2, 0) is 11.8 Å². The molecule has 0 radical (unpaired) electrons. The van der Waals surface area contributed by atoms with Crippen LogP contribution in [0.5, 0.6) is 0 Å². The molecule has 0 atom stereocenters. The largest absolute Gasteiger partial charge is 0.454 e. The first-order valence-corrected chi connectivity index (χ1v) is 12.8. The van der Waals surface area contributed by atoms with Gasteiger partial charge in [-0.3, -0.25) is 4.98 Å². The molecule has 0 aliphatic carbocycles. The highest BCUT2D eigenvalue weighted by atomic mass is 19.4. The number of alkyl halides is 3. The summed E-state index contributed by atoms with van der Waals surface area (Å²) in [4.78, 5) is 4.79. The van der Waals surface area contributed by atoms with E-state index in [2.05, 4.69) is 51.1 Å². The second kappa shape index (κ2) is 9.00. The number of nitrogens with zero attached hydrogens (tertiary/aromatic N) is 1. The predicted octanol–water partition coefficient (Wildman–Crippen LogP) is 10.1. The Hall–Kier alpha value is -3.60. The zero-order chi connectivity index (χ0) is 27.5. The van der Waals surface area contributed by atoms with Crippen molar-refractivity contribution in [3.63, 3.8) is 0 Å². The highest BCUT2D eigenvalue weighted by Crippen LogP contribution is 2.41. The molecule has 0 saturated heterocycles. The SMILES string of the molecule is Cc1cnc(-c2cc(C(C)(C)C)c3ccccc3c2)c2oc(-c3ccc(CC(C)(C)C(F)(F)F)cc3)cc12. The van der Waals surface area contributed by atoms with Gasteiger partial charge < -0.3 is 4.42 Å². The fourth-order valence-electron chi connectivity index (χ4n) is 4.96. The van der Waals surface area contributed by atoms with Gasteiger partial charge in [-0.05, 0) is 64.4 Å². The Labute approximate surface area is 221 Å². The lowest BCUT2D eigenvalue weighted by atomic mass is 9.82. The predicted molar refractivity (Wildman–Crippen MR) is 149 cm³/mol. The number of hydrogen-bond acceptors (Lipinski definition) is 2. The third-order valence-electron chi connectivity index (χ3n) is 7.35. The van der Waals surface area contributed by atoms with E-state index < -0.39 is 11.6 Å². The van der Waals surface area contributed by atoms with Gasteiger partial charge in [-0.25, -0.2) is 0 Å². The fraction of sp³-hybridized carbons (Fsp3) is 0.303. The molecule has 2 aromatic heterocycles. The Morgan fingerprint density at radius 1 is 0.789 bits per heavy atom. The van der Waals surface area contributed by atoms with E-state index in [4.69, 9.17) is 9.40 Å². The Morgan fingerprint density at radius 2 is 1.47 bits per heavy atom. The molecule has 2 nitrogen and oxygen atoms in total. The summed E-state index contributed by atoms with van der Waals surface area (Å²) in [6.45, 7) is 11.1. The van der Waals surface area contributed by atoms with Crippen LogP contribution < -0.4 is 0 Å². The van der Waals surface area contributed by atoms with Gasteiger partial charge in [-0.2, -0.15) is 13.2 Å². The molecule has 196 valence electrons. The van der Waals surface area contributed by atoms with Crippen LogP contribution in [0.1, 0.15) is 51.3 Å². The zero-order valence-corrected chi connectivity index (χ0v) is 22.6. The molecular weight excluding hydrogens is 483 g/mol. The lowest BCUT2D eigenvalue weighted by molar-refractivity contribution is -0.211. The molecule has 0 fully saturated rings. The molecule has 0 aliphatic heterocycles. The molecular formula is C33H32F3NO. The van der Waals surface area contributed by atoms with Gasteiger partial charge in [0, 0.05) is 22.7 Å². The molecule has 0 saturated carbocycles.